The van der Waals surface area contributed by atoms with Crippen LogP contribution < -0.4 is 0 Å². The number of alkyl halides is 6. The van der Waals surface area contributed by atoms with E-state index in [1.807, 2.05) is 0 Å². The van der Waals surface area contributed by atoms with E-state index in [1.165, 1.54) is 0 Å². The van der Waals surface area contributed by atoms with Crippen molar-refractivity contribution in [3.8, 4) is 0 Å². The minimum atomic E-state index is -4.88. The summed E-state index contributed by atoms with van der Waals surface area (Å²) in [6, 6.07) is 2.48. The first-order valence-electron chi connectivity index (χ1n) is 9.41. The number of rotatable bonds is 3. The lowest BCUT2D eigenvalue weighted by molar-refractivity contribution is -0.174. The largest absolute Gasteiger partial charge is 0.416 e. The predicted molar refractivity (Wildman–Crippen MR) is 97.2 cm³/mol. The molecule has 1 aromatic rings. The van der Waals surface area contributed by atoms with Gasteiger partial charge in [-0.25, -0.2) is 12.8 Å². The molecule has 2 aliphatic rings. The Morgan fingerprint density at radius 3 is 2.00 bits per heavy atom. The Morgan fingerprint density at radius 1 is 0.968 bits per heavy atom. The third-order valence-corrected chi connectivity index (χ3v) is 8.65. The molecule has 0 aromatic heterocycles. The van der Waals surface area contributed by atoms with Gasteiger partial charge in [-0.2, -0.15) is 26.3 Å². The zero-order chi connectivity index (χ0) is 23.2. The fourth-order valence-electron chi connectivity index (χ4n) is 4.37. The summed E-state index contributed by atoms with van der Waals surface area (Å²) in [5.41, 5.74) is -1.11. The summed E-state index contributed by atoms with van der Waals surface area (Å²) in [5, 5.41) is 9.83. The second kappa shape index (κ2) is 7.91. The zero-order valence-electron chi connectivity index (χ0n) is 15.9. The molecule has 172 valence electrons. The number of sulfone groups is 1. The number of aliphatic hydroxyl groups excluding tert-OH is 1. The minimum Gasteiger partial charge on any atom is -0.393 e. The molecule has 0 amide bonds. The highest BCUT2D eigenvalue weighted by atomic mass is 32.2. The topological polar surface area (TPSA) is 54.4 Å². The molecule has 0 radical (unpaired) electrons. The van der Waals surface area contributed by atoms with Crippen LogP contribution >= 0.6 is 0 Å². The normalized spacial score (nSPS) is 30.2. The van der Waals surface area contributed by atoms with E-state index in [0.29, 0.717) is 42.5 Å². The van der Waals surface area contributed by atoms with E-state index in [0.717, 1.165) is 0 Å². The summed E-state index contributed by atoms with van der Waals surface area (Å²) < 4.78 is 119. The third-order valence-electron chi connectivity index (χ3n) is 6.00. The van der Waals surface area contributed by atoms with Gasteiger partial charge in [0.2, 0.25) is 0 Å². The number of hydrogen-bond acceptors (Lipinski definition) is 3. The zero-order valence-corrected chi connectivity index (χ0v) is 16.7. The van der Waals surface area contributed by atoms with Gasteiger partial charge in [-0.3, -0.25) is 0 Å². The van der Waals surface area contributed by atoms with Crippen LogP contribution in [0.25, 0.3) is 0 Å². The predicted octanol–water partition coefficient (Wildman–Crippen LogP) is 5.37. The first-order valence-corrected chi connectivity index (χ1v) is 10.9. The first-order chi connectivity index (χ1) is 14.2. The van der Waals surface area contributed by atoms with Crippen LogP contribution in [0.1, 0.15) is 31.2 Å². The minimum absolute atomic E-state index is 0.139. The van der Waals surface area contributed by atoms with Crippen molar-refractivity contribution in [2.75, 3.05) is 0 Å². The van der Waals surface area contributed by atoms with Crippen LogP contribution in [0.4, 0.5) is 30.7 Å². The van der Waals surface area contributed by atoms with Gasteiger partial charge in [0.15, 0.2) is 9.84 Å². The van der Waals surface area contributed by atoms with Crippen LogP contribution in [0, 0.1) is 11.8 Å². The van der Waals surface area contributed by atoms with Gasteiger partial charge in [0.25, 0.3) is 0 Å². The van der Waals surface area contributed by atoms with Crippen molar-refractivity contribution in [3.05, 3.63) is 53.9 Å². The SMILES string of the molecule is O=S(=O)(c1ccc(C(F)(F)F)cc1)[C@]1(C2C=C(F)C=CC2C(F)(F)F)CC[C@@H](O)CC1. The Hall–Kier alpha value is -1.88. The van der Waals surface area contributed by atoms with E-state index in [9.17, 15) is 44.3 Å². The summed E-state index contributed by atoms with van der Waals surface area (Å²) in [6.07, 6.45) is -9.81. The van der Waals surface area contributed by atoms with Crippen LogP contribution in [0.3, 0.4) is 0 Å². The molecular weight excluding hydrogens is 453 g/mol. The van der Waals surface area contributed by atoms with E-state index in [4.69, 9.17) is 0 Å². The summed E-state index contributed by atoms with van der Waals surface area (Å²) in [4.78, 5) is -0.582. The second-order valence-electron chi connectivity index (χ2n) is 7.83. The van der Waals surface area contributed by atoms with Crippen molar-refractivity contribution < 1.29 is 44.3 Å². The smallest absolute Gasteiger partial charge is 0.393 e. The molecule has 3 rings (SSSR count). The molecule has 3 nitrogen and oxygen atoms in total. The number of hydrogen-bond donors (Lipinski definition) is 1. The molecule has 31 heavy (non-hydrogen) atoms. The molecule has 1 saturated carbocycles. The highest BCUT2D eigenvalue weighted by Crippen LogP contribution is 2.52. The fraction of sp³-hybridized carbons (Fsp3) is 0.500. The lowest BCUT2D eigenvalue weighted by Crippen LogP contribution is -2.53. The van der Waals surface area contributed by atoms with Gasteiger partial charge in [0.05, 0.1) is 27.2 Å². The molecule has 1 aromatic carbocycles. The molecule has 1 N–H and O–H groups in total. The van der Waals surface area contributed by atoms with E-state index in [1.54, 1.807) is 0 Å². The molecule has 1 fully saturated rings. The molecule has 0 aliphatic heterocycles. The first kappa shape index (κ1) is 23.8. The molecule has 0 saturated heterocycles. The molecule has 0 spiro atoms. The summed E-state index contributed by atoms with van der Waals surface area (Å²) >= 11 is 0. The standard InChI is InChI=1S/C20H19F7O3S/c21-13-3-6-16(20(25,26)27)17(11-13)18(9-7-14(28)8-10-18)31(29,30)15-4-1-12(2-5-15)19(22,23)24/h1-6,11,14,16-17,28H,7-10H2/t14-,16?,17?,18-. The van der Waals surface area contributed by atoms with E-state index < -0.39 is 74.0 Å². The monoisotopic (exact) mass is 472 g/mol. The fourth-order valence-corrected chi connectivity index (χ4v) is 6.68. The van der Waals surface area contributed by atoms with Crippen LogP contribution in [0.2, 0.25) is 0 Å². The van der Waals surface area contributed by atoms with Crippen molar-refractivity contribution in [1.82, 2.24) is 0 Å². The van der Waals surface area contributed by atoms with Crippen molar-refractivity contribution in [1.29, 1.82) is 0 Å². The van der Waals surface area contributed by atoms with Crippen LogP contribution in [0.5, 0.6) is 0 Å². The van der Waals surface area contributed by atoms with E-state index in [-0.39, 0.29) is 12.8 Å². The average molecular weight is 472 g/mol. The van der Waals surface area contributed by atoms with Crippen molar-refractivity contribution >= 4 is 9.84 Å². The Labute approximate surface area is 174 Å². The molecule has 2 atom stereocenters. The molecule has 11 heteroatoms. The highest BCUT2D eigenvalue weighted by molar-refractivity contribution is 7.92. The molecule has 0 bridgehead atoms. The number of aliphatic hydroxyl groups is 1. The quantitative estimate of drug-likeness (QED) is 0.602. The van der Waals surface area contributed by atoms with Crippen molar-refractivity contribution in [2.24, 2.45) is 11.8 Å². The summed E-state index contributed by atoms with van der Waals surface area (Å²) in [6.45, 7) is 0. The van der Waals surface area contributed by atoms with Gasteiger partial charge in [-0.1, -0.05) is 6.08 Å². The Kier molecular flexibility index (Phi) is 6.07. The number of halogens is 7. The molecule has 2 unspecified atom stereocenters. The van der Waals surface area contributed by atoms with Gasteiger partial charge in [0.1, 0.15) is 5.83 Å². The van der Waals surface area contributed by atoms with Gasteiger partial charge in [-0.15, -0.1) is 0 Å². The number of allylic oxidation sites excluding steroid dienone is 4. The maximum Gasteiger partial charge on any atom is 0.416 e. The molecule has 0 heterocycles. The lowest BCUT2D eigenvalue weighted by atomic mass is 9.70. The maximum absolute atomic E-state index is 14.0. The second-order valence-corrected chi connectivity index (χ2v) is 10.1. The van der Waals surface area contributed by atoms with E-state index in [2.05, 4.69) is 0 Å². The van der Waals surface area contributed by atoms with Crippen LogP contribution in [-0.4, -0.2) is 30.6 Å². The Morgan fingerprint density at radius 2 is 1.52 bits per heavy atom. The molecular formula is C20H19F7O3S. The summed E-state index contributed by atoms with van der Waals surface area (Å²) in [7, 11) is -4.65. The maximum atomic E-state index is 14.0. The van der Waals surface area contributed by atoms with Gasteiger partial charge in [0, 0.05) is 5.92 Å². The van der Waals surface area contributed by atoms with Crippen molar-refractivity contribution in [2.45, 2.75) is 53.8 Å². The van der Waals surface area contributed by atoms with E-state index >= 15 is 0 Å². The van der Waals surface area contributed by atoms with Crippen LogP contribution in [0.15, 0.2) is 53.2 Å². The summed E-state index contributed by atoms with van der Waals surface area (Å²) in [5.74, 6) is -5.16. The Bertz CT molecular complexity index is 968. The van der Waals surface area contributed by atoms with Gasteiger partial charge in [-0.05, 0) is 62.1 Å². The lowest BCUT2D eigenvalue weighted by Gasteiger charge is -2.46. The Balaban J connectivity index is 2.15. The van der Waals surface area contributed by atoms with Gasteiger partial charge < -0.3 is 5.11 Å². The van der Waals surface area contributed by atoms with Crippen molar-refractivity contribution in [3.63, 3.8) is 0 Å². The average Bonchev–Trinajstić information content (AvgIpc) is 2.67. The van der Waals surface area contributed by atoms with Gasteiger partial charge >= 0.3 is 12.4 Å². The third kappa shape index (κ3) is 4.39. The number of benzene rings is 1. The molecule has 2 aliphatic carbocycles. The van der Waals surface area contributed by atoms with Crippen LogP contribution in [-0.2, 0) is 16.0 Å². The highest BCUT2D eigenvalue weighted by Gasteiger charge is 2.58.